The molecule has 0 radical (unpaired) electrons. The Bertz CT molecular complexity index is 645. The van der Waals surface area contributed by atoms with Gasteiger partial charge in [-0.15, -0.1) is 0 Å². The molecule has 5 nitrogen and oxygen atoms in total. The fourth-order valence-electron chi connectivity index (χ4n) is 2.58. The molecule has 100 valence electrons. The largest absolute Gasteiger partial charge is 0.802 e. The van der Waals surface area contributed by atoms with Crippen molar-refractivity contribution in [2.45, 2.75) is 25.8 Å². The second kappa shape index (κ2) is 5.01. The molecule has 1 saturated heterocycles. The molecule has 1 aromatic carbocycles. The number of hydrogen-bond acceptors (Lipinski definition) is 4. The maximum atomic E-state index is 12.0. The van der Waals surface area contributed by atoms with E-state index in [0.717, 1.165) is 25.9 Å². The molecule has 1 aromatic heterocycles. The second-order valence-corrected chi connectivity index (χ2v) is 4.98. The summed E-state index contributed by atoms with van der Waals surface area (Å²) < 4.78 is 0.441. The molecule has 0 aliphatic carbocycles. The van der Waals surface area contributed by atoms with Crippen molar-refractivity contribution in [2.24, 2.45) is 0 Å². The summed E-state index contributed by atoms with van der Waals surface area (Å²) in [6.07, 6.45) is 3.54. The zero-order chi connectivity index (χ0) is 13.2. The second-order valence-electron chi connectivity index (χ2n) is 4.98. The number of para-hydroxylation sites is 1. The maximum Gasteiger partial charge on any atom is 0.256 e. The summed E-state index contributed by atoms with van der Waals surface area (Å²) in [5, 5.41) is 12.4. The van der Waals surface area contributed by atoms with Gasteiger partial charge in [-0.25, -0.2) is 4.98 Å². The minimum Gasteiger partial charge on any atom is -0.802 e. The minimum absolute atomic E-state index is 0.311. The van der Waals surface area contributed by atoms with Crippen LogP contribution in [0.15, 0.2) is 29.1 Å². The Kier molecular flexibility index (Phi) is 3.21. The van der Waals surface area contributed by atoms with Crippen molar-refractivity contribution in [1.82, 2.24) is 14.6 Å². The molecule has 5 heteroatoms. The summed E-state index contributed by atoms with van der Waals surface area (Å²) in [6.45, 7) is 2.41. The van der Waals surface area contributed by atoms with Crippen LogP contribution >= 0.6 is 0 Å². The molecule has 0 spiro atoms. The fourth-order valence-corrected chi connectivity index (χ4v) is 2.58. The molecule has 2 heterocycles. The number of benzene rings is 1. The molecule has 1 aliphatic heterocycles. The summed E-state index contributed by atoms with van der Waals surface area (Å²) in [5.74, 6) is 0.311. The van der Waals surface area contributed by atoms with E-state index in [4.69, 9.17) is 0 Å². The lowest BCUT2D eigenvalue weighted by atomic mass is 10.1. The van der Waals surface area contributed by atoms with Gasteiger partial charge in [0.1, 0.15) is 5.82 Å². The van der Waals surface area contributed by atoms with Gasteiger partial charge in [0.15, 0.2) is 0 Å². The van der Waals surface area contributed by atoms with E-state index in [-0.39, 0.29) is 0 Å². The summed E-state index contributed by atoms with van der Waals surface area (Å²) >= 11 is 0. The molecular formula is C14H16N3O2-. The Morgan fingerprint density at radius 1 is 1.16 bits per heavy atom. The quantitative estimate of drug-likeness (QED) is 0.823. The number of rotatable bonds is 2. The summed E-state index contributed by atoms with van der Waals surface area (Å²) in [6, 6.07) is 6.99. The lowest BCUT2D eigenvalue weighted by Crippen LogP contribution is -2.32. The van der Waals surface area contributed by atoms with E-state index in [1.54, 1.807) is 18.2 Å². The Balaban J connectivity index is 1.99. The van der Waals surface area contributed by atoms with Crippen molar-refractivity contribution in [2.75, 3.05) is 13.1 Å². The monoisotopic (exact) mass is 258 g/mol. The number of hydrogen-bond donors (Lipinski definition) is 0. The standard InChI is InChI=1S/C14H16N3O2/c18-14-11-6-2-3-7-12(11)15-13(17(14)19)10-16-8-4-1-5-9-16/h2-3,6-7H,1,4-5,8-10H2/q-1. The number of aromatic nitrogens is 2. The smallest absolute Gasteiger partial charge is 0.256 e. The Morgan fingerprint density at radius 2 is 1.89 bits per heavy atom. The van der Waals surface area contributed by atoms with Gasteiger partial charge >= 0.3 is 0 Å². The Labute approximate surface area is 111 Å². The van der Waals surface area contributed by atoms with Crippen LogP contribution in [0.5, 0.6) is 0 Å². The third-order valence-corrected chi connectivity index (χ3v) is 3.62. The van der Waals surface area contributed by atoms with Gasteiger partial charge < -0.3 is 9.94 Å². The molecule has 2 aromatic rings. The molecule has 19 heavy (non-hydrogen) atoms. The van der Waals surface area contributed by atoms with E-state index in [1.165, 1.54) is 6.42 Å². The molecule has 0 amide bonds. The van der Waals surface area contributed by atoms with Crippen molar-refractivity contribution in [3.8, 4) is 0 Å². The van der Waals surface area contributed by atoms with Crippen LogP contribution in [0.2, 0.25) is 0 Å². The first kappa shape index (κ1) is 12.2. The number of fused-ring (bicyclic) bond motifs is 1. The van der Waals surface area contributed by atoms with Gasteiger partial charge in [0, 0.05) is 0 Å². The molecule has 0 bridgehead atoms. The summed E-state index contributed by atoms with van der Waals surface area (Å²) in [4.78, 5) is 18.5. The fraction of sp³-hybridized carbons (Fsp3) is 0.429. The van der Waals surface area contributed by atoms with Crippen LogP contribution in [0, 0.1) is 5.21 Å². The topological polar surface area (TPSA) is 61.2 Å². The zero-order valence-corrected chi connectivity index (χ0v) is 10.7. The van der Waals surface area contributed by atoms with E-state index in [2.05, 4.69) is 9.88 Å². The van der Waals surface area contributed by atoms with Crippen LogP contribution in [0.1, 0.15) is 25.1 Å². The highest BCUT2D eigenvalue weighted by Crippen LogP contribution is 2.13. The summed E-state index contributed by atoms with van der Waals surface area (Å²) in [7, 11) is 0. The summed E-state index contributed by atoms with van der Waals surface area (Å²) in [5.41, 5.74) is 0.101. The van der Waals surface area contributed by atoms with E-state index in [1.807, 2.05) is 6.07 Å². The molecule has 0 unspecified atom stereocenters. The average molecular weight is 258 g/mol. The molecule has 3 rings (SSSR count). The van der Waals surface area contributed by atoms with E-state index >= 15 is 0 Å². The van der Waals surface area contributed by atoms with Gasteiger partial charge in [0.2, 0.25) is 0 Å². The zero-order valence-electron chi connectivity index (χ0n) is 10.7. The van der Waals surface area contributed by atoms with Gasteiger partial charge in [-0.1, -0.05) is 18.6 Å². The first-order valence-corrected chi connectivity index (χ1v) is 6.66. The van der Waals surface area contributed by atoms with Crippen molar-refractivity contribution < 1.29 is 0 Å². The van der Waals surface area contributed by atoms with Gasteiger partial charge in [0.05, 0.1) is 17.4 Å². The minimum atomic E-state index is -0.502. The van der Waals surface area contributed by atoms with E-state index < -0.39 is 5.56 Å². The molecule has 1 aliphatic rings. The van der Waals surface area contributed by atoms with Crippen LogP contribution < -0.4 is 5.56 Å². The first-order chi connectivity index (χ1) is 9.25. The van der Waals surface area contributed by atoms with E-state index in [0.29, 0.717) is 28.0 Å². The third kappa shape index (κ3) is 2.33. The maximum absolute atomic E-state index is 12.0. The molecular weight excluding hydrogens is 242 g/mol. The third-order valence-electron chi connectivity index (χ3n) is 3.62. The number of likely N-dealkylation sites (tertiary alicyclic amines) is 1. The van der Waals surface area contributed by atoms with E-state index in [9.17, 15) is 10.0 Å². The predicted octanol–water partition coefficient (Wildman–Crippen LogP) is 1.73. The van der Waals surface area contributed by atoms with Crippen LogP contribution in [0.3, 0.4) is 0 Å². The number of piperidine rings is 1. The molecule has 0 saturated carbocycles. The normalized spacial score (nSPS) is 16.8. The van der Waals surface area contributed by atoms with Crippen molar-refractivity contribution >= 4 is 10.9 Å². The van der Waals surface area contributed by atoms with Crippen molar-refractivity contribution in [1.29, 1.82) is 0 Å². The highest BCUT2D eigenvalue weighted by molar-refractivity contribution is 5.77. The van der Waals surface area contributed by atoms with Crippen molar-refractivity contribution in [3.05, 3.63) is 45.7 Å². The van der Waals surface area contributed by atoms with Crippen molar-refractivity contribution in [3.63, 3.8) is 0 Å². The van der Waals surface area contributed by atoms with Gasteiger partial charge in [-0.2, -0.15) is 0 Å². The highest BCUT2D eigenvalue weighted by Gasteiger charge is 2.13. The SMILES string of the molecule is O=c1c2ccccc2nc(CN2CCCCC2)n1[O-]. The lowest BCUT2D eigenvalue weighted by Gasteiger charge is -2.28. The van der Waals surface area contributed by atoms with Gasteiger partial charge in [-0.3, -0.25) is 9.69 Å². The average Bonchev–Trinajstić information content (AvgIpc) is 2.46. The first-order valence-electron chi connectivity index (χ1n) is 6.66. The molecule has 0 N–H and O–H groups in total. The van der Waals surface area contributed by atoms with Gasteiger partial charge in [-0.05, 0) is 38.1 Å². The van der Waals surface area contributed by atoms with Crippen LogP contribution in [-0.4, -0.2) is 27.7 Å². The van der Waals surface area contributed by atoms with Gasteiger partial charge in [0.25, 0.3) is 5.56 Å². The predicted molar refractivity (Wildman–Crippen MR) is 73.9 cm³/mol. The molecule has 1 fully saturated rings. The highest BCUT2D eigenvalue weighted by atomic mass is 16.5. The van der Waals surface area contributed by atoms with Crippen LogP contribution in [0.25, 0.3) is 10.9 Å². The lowest BCUT2D eigenvalue weighted by molar-refractivity contribution is 0.214. The molecule has 0 atom stereocenters. The van der Waals surface area contributed by atoms with Crippen LogP contribution in [-0.2, 0) is 6.54 Å². The number of nitrogens with zero attached hydrogens (tertiary/aromatic N) is 3. The Hall–Kier alpha value is -1.88. The Morgan fingerprint density at radius 3 is 2.68 bits per heavy atom. The van der Waals surface area contributed by atoms with Crippen LogP contribution in [0.4, 0.5) is 0 Å².